The first-order chi connectivity index (χ1) is 8.31. The number of ketones is 1. The lowest BCUT2D eigenvalue weighted by Crippen LogP contribution is -2.06. The lowest BCUT2D eigenvalue weighted by molar-refractivity contribution is 0.102. The number of carbonyl (C=O) groups is 1. The Hall–Kier alpha value is -1.02. The average molecular weight is 246 g/mol. The number of rotatable bonds is 4. The van der Waals surface area contributed by atoms with Gasteiger partial charge in [0.15, 0.2) is 5.78 Å². The van der Waals surface area contributed by atoms with E-state index in [4.69, 9.17) is 0 Å². The van der Waals surface area contributed by atoms with Crippen LogP contribution in [0.2, 0.25) is 0 Å². The number of allylic oxidation sites excluding steroid dienone is 2. The van der Waals surface area contributed by atoms with Crippen molar-refractivity contribution in [2.24, 2.45) is 0 Å². The van der Waals surface area contributed by atoms with Crippen LogP contribution < -0.4 is 0 Å². The summed E-state index contributed by atoms with van der Waals surface area (Å²) >= 11 is 1.81. The van der Waals surface area contributed by atoms with Crippen molar-refractivity contribution in [3.8, 4) is 0 Å². The van der Waals surface area contributed by atoms with Crippen LogP contribution in [-0.2, 0) is 0 Å². The highest BCUT2D eigenvalue weighted by Crippen LogP contribution is 2.23. The maximum Gasteiger partial charge on any atom is 0.188 e. The second-order valence-corrected chi connectivity index (χ2v) is 5.60. The van der Waals surface area contributed by atoms with E-state index < -0.39 is 0 Å². The maximum absolute atomic E-state index is 12.2. The van der Waals surface area contributed by atoms with Crippen molar-refractivity contribution in [1.29, 1.82) is 0 Å². The van der Waals surface area contributed by atoms with Gasteiger partial charge >= 0.3 is 0 Å². The second-order valence-electron chi connectivity index (χ2n) is 4.26. The number of hydrogen-bond acceptors (Lipinski definition) is 2. The summed E-state index contributed by atoms with van der Waals surface area (Å²) in [4.78, 5) is 13.4. The van der Waals surface area contributed by atoms with Gasteiger partial charge in [-0.1, -0.05) is 13.0 Å². The van der Waals surface area contributed by atoms with Crippen LogP contribution in [0.25, 0.3) is 0 Å². The van der Waals surface area contributed by atoms with Gasteiger partial charge in [0.05, 0.1) is 0 Å². The minimum atomic E-state index is 0.220. The summed E-state index contributed by atoms with van der Waals surface area (Å²) in [5.41, 5.74) is 1.84. The molecule has 2 heteroatoms. The van der Waals surface area contributed by atoms with Crippen molar-refractivity contribution in [1.82, 2.24) is 0 Å². The molecule has 0 fully saturated rings. The minimum Gasteiger partial charge on any atom is -0.289 e. The van der Waals surface area contributed by atoms with E-state index in [9.17, 15) is 4.79 Å². The Morgan fingerprint density at radius 1 is 1.24 bits per heavy atom. The van der Waals surface area contributed by atoms with Crippen LogP contribution in [0.4, 0.5) is 0 Å². The largest absolute Gasteiger partial charge is 0.289 e. The standard InChI is InChI=1S/C15H18OS/c1-2-17-14-10-8-13(9-11-14)15(16)12-6-4-3-5-7-12/h6,8-11H,2-5,7H2,1H3. The Morgan fingerprint density at radius 2 is 2.00 bits per heavy atom. The van der Waals surface area contributed by atoms with Crippen LogP contribution in [0, 0.1) is 0 Å². The van der Waals surface area contributed by atoms with Crippen LogP contribution in [0.3, 0.4) is 0 Å². The highest BCUT2D eigenvalue weighted by Gasteiger charge is 2.13. The molecule has 1 aliphatic carbocycles. The molecule has 0 aromatic heterocycles. The first-order valence-corrected chi connectivity index (χ1v) is 7.26. The molecule has 0 radical (unpaired) electrons. The molecule has 2 rings (SSSR count). The van der Waals surface area contributed by atoms with Crippen molar-refractivity contribution in [3.63, 3.8) is 0 Å². The molecule has 1 aromatic carbocycles. The molecule has 1 aliphatic rings. The summed E-state index contributed by atoms with van der Waals surface area (Å²) in [5, 5.41) is 0. The van der Waals surface area contributed by atoms with Gasteiger partial charge < -0.3 is 0 Å². The number of benzene rings is 1. The van der Waals surface area contributed by atoms with Gasteiger partial charge in [-0.15, -0.1) is 11.8 Å². The zero-order valence-corrected chi connectivity index (χ0v) is 11.1. The van der Waals surface area contributed by atoms with Gasteiger partial charge in [-0.2, -0.15) is 0 Å². The van der Waals surface area contributed by atoms with Crippen molar-refractivity contribution < 1.29 is 4.79 Å². The topological polar surface area (TPSA) is 17.1 Å². The molecular formula is C15H18OS. The fourth-order valence-corrected chi connectivity index (χ4v) is 2.76. The van der Waals surface area contributed by atoms with Crippen molar-refractivity contribution in [2.75, 3.05) is 5.75 Å². The normalized spacial score (nSPS) is 15.5. The molecule has 0 unspecified atom stereocenters. The molecule has 1 nitrogen and oxygen atoms in total. The van der Waals surface area contributed by atoms with E-state index in [0.717, 1.165) is 36.2 Å². The molecule has 0 heterocycles. The van der Waals surface area contributed by atoms with Gasteiger partial charge in [0, 0.05) is 10.5 Å². The van der Waals surface area contributed by atoms with E-state index >= 15 is 0 Å². The monoisotopic (exact) mass is 246 g/mol. The fourth-order valence-electron chi connectivity index (χ4n) is 2.10. The fraction of sp³-hybridized carbons (Fsp3) is 0.400. The highest BCUT2D eigenvalue weighted by molar-refractivity contribution is 7.99. The minimum absolute atomic E-state index is 0.220. The summed E-state index contributed by atoms with van der Waals surface area (Å²) in [6, 6.07) is 8.00. The van der Waals surface area contributed by atoms with Crippen molar-refractivity contribution in [3.05, 3.63) is 41.5 Å². The van der Waals surface area contributed by atoms with E-state index in [1.165, 1.54) is 11.3 Å². The van der Waals surface area contributed by atoms with E-state index in [1.54, 1.807) is 11.8 Å². The maximum atomic E-state index is 12.2. The molecule has 0 atom stereocenters. The van der Waals surface area contributed by atoms with Gasteiger partial charge in [0.2, 0.25) is 0 Å². The van der Waals surface area contributed by atoms with Crippen molar-refractivity contribution >= 4 is 17.5 Å². The first kappa shape index (κ1) is 12.4. The number of hydrogen-bond donors (Lipinski definition) is 0. The first-order valence-electron chi connectivity index (χ1n) is 6.28. The lowest BCUT2D eigenvalue weighted by atomic mass is 9.93. The Labute approximate surface area is 107 Å². The van der Waals surface area contributed by atoms with Gasteiger partial charge in [0.25, 0.3) is 0 Å². The second kappa shape index (κ2) is 6.06. The van der Waals surface area contributed by atoms with Crippen LogP contribution in [0.15, 0.2) is 40.8 Å². The zero-order chi connectivity index (χ0) is 12.1. The summed E-state index contributed by atoms with van der Waals surface area (Å²) in [6.07, 6.45) is 6.50. The van der Waals surface area contributed by atoms with E-state index in [2.05, 4.69) is 13.0 Å². The molecule has 0 aliphatic heterocycles. The third-order valence-electron chi connectivity index (χ3n) is 3.01. The molecule has 0 N–H and O–H groups in total. The van der Waals surface area contributed by atoms with E-state index in [-0.39, 0.29) is 5.78 Å². The molecular weight excluding hydrogens is 228 g/mol. The number of carbonyl (C=O) groups excluding carboxylic acids is 1. The lowest BCUT2D eigenvalue weighted by Gasteiger charge is -2.11. The van der Waals surface area contributed by atoms with Crippen LogP contribution in [0.1, 0.15) is 43.0 Å². The summed E-state index contributed by atoms with van der Waals surface area (Å²) in [7, 11) is 0. The van der Waals surface area contributed by atoms with Gasteiger partial charge in [-0.25, -0.2) is 0 Å². The molecule has 0 saturated carbocycles. The van der Waals surface area contributed by atoms with Crippen LogP contribution >= 0.6 is 11.8 Å². The van der Waals surface area contributed by atoms with Gasteiger partial charge in [-0.3, -0.25) is 4.79 Å². The van der Waals surface area contributed by atoms with Crippen LogP contribution in [-0.4, -0.2) is 11.5 Å². The summed E-state index contributed by atoms with van der Waals surface area (Å²) < 4.78 is 0. The Bertz CT molecular complexity index is 417. The molecule has 90 valence electrons. The molecule has 0 amide bonds. The Balaban J connectivity index is 2.11. The zero-order valence-electron chi connectivity index (χ0n) is 10.2. The number of thioether (sulfide) groups is 1. The highest BCUT2D eigenvalue weighted by atomic mass is 32.2. The van der Waals surface area contributed by atoms with Gasteiger partial charge in [0.1, 0.15) is 0 Å². The van der Waals surface area contributed by atoms with Crippen molar-refractivity contribution in [2.45, 2.75) is 37.5 Å². The third kappa shape index (κ3) is 3.22. The molecule has 1 aromatic rings. The predicted octanol–water partition coefficient (Wildman–Crippen LogP) is 4.48. The third-order valence-corrected chi connectivity index (χ3v) is 3.90. The van der Waals surface area contributed by atoms with Crippen LogP contribution in [0.5, 0.6) is 0 Å². The average Bonchev–Trinajstić information content (AvgIpc) is 2.40. The molecule has 0 spiro atoms. The van der Waals surface area contributed by atoms with E-state index in [0.29, 0.717) is 0 Å². The Morgan fingerprint density at radius 3 is 2.59 bits per heavy atom. The molecule has 17 heavy (non-hydrogen) atoms. The smallest absolute Gasteiger partial charge is 0.188 e. The molecule has 0 saturated heterocycles. The SMILES string of the molecule is CCSc1ccc(C(=O)C2=CCCCC2)cc1. The Kier molecular flexibility index (Phi) is 4.43. The summed E-state index contributed by atoms with van der Waals surface area (Å²) in [6.45, 7) is 2.14. The van der Waals surface area contributed by atoms with Gasteiger partial charge in [-0.05, 0) is 61.3 Å². The van der Waals surface area contributed by atoms with E-state index in [1.807, 2.05) is 24.3 Å². The molecule has 0 bridgehead atoms. The quantitative estimate of drug-likeness (QED) is 0.575. The predicted molar refractivity (Wildman–Crippen MR) is 73.7 cm³/mol. The number of Topliss-reactive ketones (excluding diaryl/α,β-unsaturated/α-hetero) is 1. The summed E-state index contributed by atoms with van der Waals surface area (Å²) in [5.74, 6) is 1.29.